The minimum Gasteiger partial charge on any atom is -0.517 e. The molecule has 9 heteroatoms. The van der Waals surface area contributed by atoms with Crippen LogP contribution in [0.15, 0.2) is 0 Å². The molecule has 0 aromatic carbocycles. The maximum absolute atomic E-state index is 11.8. The molecular formula is C18H36O8Si. The summed E-state index contributed by atoms with van der Waals surface area (Å²) in [5, 5.41) is -0.0147. The molecule has 0 atom stereocenters. The molecule has 0 amide bonds. The van der Waals surface area contributed by atoms with E-state index in [2.05, 4.69) is 20.8 Å². The molecule has 160 valence electrons. The zero-order chi connectivity index (χ0) is 20.8. The highest BCUT2D eigenvalue weighted by molar-refractivity contribution is 6.75. The van der Waals surface area contributed by atoms with Crippen LogP contribution in [-0.4, -0.2) is 79.7 Å². The molecule has 0 spiro atoms. The third-order valence-corrected chi connectivity index (χ3v) is 8.39. The highest BCUT2D eigenvalue weighted by Gasteiger charge is 2.40. The lowest BCUT2D eigenvalue weighted by atomic mass is 10.2. The van der Waals surface area contributed by atoms with Crippen LogP contribution in [0.2, 0.25) is 18.1 Å². The smallest absolute Gasteiger partial charge is 0.318 e. The predicted octanol–water partition coefficient (Wildman–Crippen LogP) is 2.16. The van der Waals surface area contributed by atoms with E-state index in [-0.39, 0.29) is 30.2 Å². The summed E-state index contributed by atoms with van der Waals surface area (Å²) in [4.78, 5) is 22.4. The fraction of sp³-hybridized carbons (Fsp3) is 0.889. The van der Waals surface area contributed by atoms with Gasteiger partial charge in [0.05, 0.1) is 46.2 Å². The molecule has 0 saturated carbocycles. The van der Waals surface area contributed by atoms with Crippen LogP contribution in [0.1, 0.15) is 27.7 Å². The van der Waals surface area contributed by atoms with Gasteiger partial charge in [0, 0.05) is 6.92 Å². The van der Waals surface area contributed by atoms with Gasteiger partial charge in [-0.25, -0.2) is 0 Å². The predicted molar refractivity (Wildman–Crippen MR) is 103 cm³/mol. The van der Waals surface area contributed by atoms with Crippen molar-refractivity contribution in [2.24, 2.45) is 0 Å². The average molecular weight is 409 g/mol. The Morgan fingerprint density at radius 2 is 1.15 bits per heavy atom. The van der Waals surface area contributed by atoms with E-state index < -0.39 is 8.32 Å². The summed E-state index contributed by atoms with van der Waals surface area (Å²) >= 11 is 0. The van der Waals surface area contributed by atoms with Gasteiger partial charge in [-0.1, -0.05) is 20.8 Å². The molecule has 0 aromatic rings. The van der Waals surface area contributed by atoms with E-state index >= 15 is 0 Å². The van der Waals surface area contributed by atoms with Gasteiger partial charge in [-0.3, -0.25) is 9.59 Å². The van der Waals surface area contributed by atoms with Gasteiger partial charge in [-0.2, -0.15) is 0 Å². The molecule has 27 heavy (non-hydrogen) atoms. The SMILES string of the molecule is CC(=O)OCCOCCOCCOCCOCC(=O)O[Si](C)(C)C(C)(C)C. The van der Waals surface area contributed by atoms with Crippen LogP contribution < -0.4 is 0 Å². The zero-order valence-electron chi connectivity index (χ0n) is 17.6. The van der Waals surface area contributed by atoms with Crippen molar-refractivity contribution in [3.63, 3.8) is 0 Å². The lowest BCUT2D eigenvalue weighted by Gasteiger charge is -2.35. The molecule has 0 rings (SSSR count). The molecule has 0 fully saturated rings. The number of hydrogen-bond donors (Lipinski definition) is 0. The van der Waals surface area contributed by atoms with Gasteiger partial charge < -0.3 is 28.1 Å². The van der Waals surface area contributed by atoms with E-state index in [0.717, 1.165) is 0 Å². The molecule has 0 radical (unpaired) electrons. The number of hydrogen-bond acceptors (Lipinski definition) is 8. The average Bonchev–Trinajstić information content (AvgIpc) is 2.53. The quantitative estimate of drug-likeness (QED) is 0.231. The summed E-state index contributed by atoms with van der Waals surface area (Å²) in [5.74, 6) is -0.637. The van der Waals surface area contributed by atoms with Gasteiger partial charge in [0.2, 0.25) is 0 Å². The number of carbonyl (C=O) groups is 2. The fourth-order valence-electron chi connectivity index (χ4n) is 1.53. The van der Waals surface area contributed by atoms with E-state index in [1.807, 2.05) is 13.1 Å². The minimum absolute atomic E-state index is 0.0147. The molecule has 0 heterocycles. The van der Waals surface area contributed by atoms with Crippen LogP contribution in [0, 0.1) is 0 Å². The maximum Gasteiger partial charge on any atom is 0.318 e. The van der Waals surface area contributed by atoms with Crippen molar-refractivity contribution >= 4 is 20.3 Å². The van der Waals surface area contributed by atoms with Gasteiger partial charge >= 0.3 is 11.9 Å². The fourth-order valence-corrected chi connectivity index (χ4v) is 2.46. The van der Waals surface area contributed by atoms with Crippen molar-refractivity contribution in [3.05, 3.63) is 0 Å². The second kappa shape index (κ2) is 14.1. The number of rotatable bonds is 15. The third-order valence-electron chi connectivity index (χ3n) is 4.04. The first kappa shape index (κ1) is 26.0. The maximum atomic E-state index is 11.8. The molecule has 0 unspecified atom stereocenters. The lowest BCUT2D eigenvalue weighted by molar-refractivity contribution is -0.143. The van der Waals surface area contributed by atoms with Crippen molar-refractivity contribution in [2.45, 2.75) is 45.8 Å². The van der Waals surface area contributed by atoms with Gasteiger partial charge in [0.1, 0.15) is 13.2 Å². The Morgan fingerprint density at radius 3 is 1.56 bits per heavy atom. The summed E-state index contributed by atoms with van der Waals surface area (Å²) in [7, 11) is -2.09. The summed E-state index contributed by atoms with van der Waals surface area (Å²) in [6, 6.07) is 0. The molecule has 0 aliphatic carbocycles. The molecule has 8 nitrogen and oxygen atoms in total. The Morgan fingerprint density at radius 1 is 0.741 bits per heavy atom. The highest BCUT2D eigenvalue weighted by atomic mass is 28.4. The highest BCUT2D eigenvalue weighted by Crippen LogP contribution is 2.36. The van der Waals surface area contributed by atoms with Crippen molar-refractivity contribution in [2.75, 3.05) is 59.5 Å². The number of esters is 1. The first-order chi connectivity index (χ1) is 12.6. The van der Waals surface area contributed by atoms with Crippen molar-refractivity contribution in [1.29, 1.82) is 0 Å². The zero-order valence-corrected chi connectivity index (χ0v) is 18.6. The van der Waals surface area contributed by atoms with Crippen LogP contribution in [0.3, 0.4) is 0 Å². The van der Waals surface area contributed by atoms with E-state index in [4.69, 9.17) is 28.1 Å². The second-order valence-electron chi connectivity index (χ2n) is 7.46. The molecule has 0 N–H and O–H groups in total. The van der Waals surface area contributed by atoms with Crippen molar-refractivity contribution in [3.8, 4) is 0 Å². The Balaban J connectivity index is 3.41. The largest absolute Gasteiger partial charge is 0.517 e. The van der Waals surface area contributed by atoms with E-state index in [0.29, 0.717) is 46.2 Å². The molecular weight excluding hydrogens is 372 g/mol. The summed E-state index contributed by atoms with van der Waals surface area (Å²) < 4.78 is 31.5. The van der Waals surface area contributed by atoms with Crippen molar-refractivity contribution < 1.29 is 37.7 Å². The molecule has 0 bridgehead atoms. The summed E-state index contributed by atoms with van der Waals surface area (Å²) in [6.45, 7) is 14.7. The lowest BCUT2D eigenvalue weighted by Crippen LogP contribution is -2.43. The minimum atomic E-state index is -2.09. The summed E-state index contributed by atoms with van der Waals surface area (Å²) in [6.07, 6.45) is 0. The third kappa shape index (κ3) is 14.7. The second-order valence-corrected chi connectivity index (χ2v) is 12.2. The van der Waals surface area contributed by atoms with Gasteiger partial charge in [-0.05, 0) is 18.1 Å². The van der Waals surface area contributed by atoms with Gasteiger partial charge in [0.15, 0.2) is 0 Å². The monoisotopic (exact) mass is 408 g/mol. The number of carbonyl (C=O) groups excluding carboxylic acids is 2. The Kier molecular flexibility index (Phi) is 13.5. The Bertz CT molecular complexity index is 420. The van der Waals surface area contributed by atoms with Crippen LogP contribution in [0.5, 0.6) is 0 Å². The molecule has 0 saturated heterocycles. The summed E-state index contributed by atoms with van der Waals surface area (Å²) in [5.41, 5.74) is 0. The van der Waals surface area contributed by atoms with Gasteiger partial charge in [-0.15, -0.1) is 0 Å². The van der Waals surface area contributed by atoms with Crippen LogP contribution in [0.25, 0.3) is 0 Å². The molecule has 0 aliphatic heterocycles. The first-order valence-corrected chi connectivity index (χ1v) is 12.1. The number of ether oxygens (including phenoxy) is 5. The molecule has 0 aromatic heterocycles. The van der Waals surface area contributed by atoms with Gasteiger partial charge in [0.25, 0.3) is 8.32 Å². The normalized spacial score (nSPS) is 12.1. The van der Waals surface area contributed by atoms with E-state index in [1.54, 1.807) is 0 Å². The standard InChI is InChI=1S/C18H36O8Si/c1-16(19)25-14-13-23-10-9-21-7-8-22-11-12-24-15-17(20)26-27(5,6)18(2,3)4/h7-15H2,1-6H3. The van der Waals surface area contributed by atoms with Crippen LogP contribution in [-0.2, 0) is 37.7 Å². The molecule has 0 aliphatic rings. The van der Waals surface area contributed by atoms with E-state index in [1.165, 1.54) is 6.92 Å². The first-order valence-electron chi connectivity index (χ1n) is 9.22. The van der Waals surface area contributed by atoms with Crippen LogP contribution in [0.4, 0.5) is 0 Å². The van der Waals surface area contributed by atoms with E-state index in [9.17, 15) is 9.59 Å². The topological polar surface area (TPSA) is 89.5 Å². The Hall–Kier alpha value is -1.00. The van der Waals surface area contributed by atoms with Crippen molar-refractivity contribution in [1.82, 2.24) is 0 Å². The Labute approximate surface area is 163 Å². The van der Waals surface area contributed by atoms with Crippen LogP contribution >= 0.6 is 0 Å².